The van der Waals surface area contributed by atoms with Crippen LogP contribution in [0.1, 0.15) is 110 Å². The molecule has 2 unspecified atom stereocenters. The minimum atomic E-state index is -0.645. The number of unbranched alkanes of at least 4 members (excludes halogenated alkanes) is 7. The maximum Gasteiger partial charge on any atom is 0.303 e. The zero-order valence-corrected chi connectivity index (χ0v) is 14.8. The summed E-state index contributed by atoms with van der Waals surface area (Å²) in [6.45, 7) is 2.29. The molecule has 0 amide bonds. The van der Waals surface area contributed by atoms with Crippen LogP contribution >= 0.6 is 0 Å². The molecular weight excluding hydrogens is 272 g/mol. The van der Waals surface area contributed by atoms with Crippen molar-refractivity contribution in [2.24, 2.45) is 11.8 Å². The summed E-state index contributed by atoms with van der Waals surface area (Å²) in [5.41, 5.74) is 0. The van der Waals surface area contributed by atoms with Crippen molar-refractivity contribution in [1.29, 1.82) is 0 Å². The third-order valence-corrected chi connectivity index (χ3v) is 5.46. The number of aliphatic carboxylic acids is 1. The molecule has 1 rings (SSSR count). The van der Waals surface area contributed by atoms with Gasteiger partial charge in [-0.1, -0.05) is 96.8 Å². The Morgan fingerprint density at radius 3 is 1.86 bits per heavy atom. The fraction of sp³-hybridized carbons (Fsp3) is 0.950. The van der Waals surface area contributed by atoms with Crippen molar-refractivity contribution in [2.45, 2.75) is 110 Å². The van der Waals surface area contributed by atoms with Gasteiger partial charge >= 0.3 is 5.97 Å². The molecule has 1 fully saturated rings. The lowest BCUT2D eigenvalue weighted by molar-refractivity contribution is -0.137. The summed E-state index contributed by atoms with van der Waals surface area (Å²) in [6, 6.07) is 0. The average molecular weight is 311 g/mol. The molecule has 0 aliphatic heterocycles. The highest BCUT2D eigenvalue weighted by Gasteiger charge is 2.23. The minimum Gasteiger partial charge on any atom is -0.481 e. The van der Waals surface area contributed by atoms with Gasteiger partial charge in [0.2, 0.25) is 0 Å². The summed E-state index contributed by atoms with van der Waals surface area (Å²) in [4.78, 5) is 10.5. The van der Waals surface area contributed by atoms with Crippen molar-refractivity contribution in [2.75, 3.05) is 0 Å². The van der Waals surface area contributed by atoms with Gasteiger partial charge in [0.05, 0.1) is 0 Å². The van der Waals surface area contributed by atoms with Crippen LogP contribution in [0, 0.1) is 11.8 Å². The van der Waals surface area contributed by atoms with Crippen molar-refractivity contribution in [3.8, 4) is 0 Å². The topological polar surface area (TPSA) is 37.3 Å². The van der Waals surface area contributed by atoms with E-state index in [2.05, 4.69) is 6.92 Å². The highest BCUT2D eigenvalue weighted by Crippen LogP contribution is 2.36. The molecule has 2 atom stereocenters. The van der Waals surface area contributed by atoms with E-state index in [9.17, 15) is 4.79 Å². The lowest BCUT2D eigenvalue weighted by atomic mass is 9.74. The third kappa shape index (κ3) is 9.48. The van der Waals surface area contributed by atoms with E-state index in [1.165, 1.54) is 83.5 Å². The Bertz CT molecular complexity index is 275. The Labute approximate surface area is 138 Å². The molecule has 0 radical (unpaired) electrons. The SMILES string of the molecule is CCCCCCC1CCCCC1CCCCCCCC(=O)O. The van der Waals surface area contributed by atoms with E-state index in [4.69, 9.17) is 5.11 Å². The zero-order valence-electron chi connectivity index (χ0n) is 14.8. The van der Waals surface area contributed by atoms with Gasteiger partial charge in [0.15, 0.2) is 0 Å². The molecule has 22 heavy (non-hydrogen) atoms. The highest BCUT2D eigenvalue weighted by molar-refractivity contribution is 5.66. The first kappa shape index (κ1) is 19.5. The predicted octanol–water partition coefficient (Wildman–Crippen LogP) is 6.58. The molecular formula is C20H38O2. The molecule has 1 saturated carbocycles. The van der Waals surface area contributed by atoms with Crippen LogP contribution in [0.5, 0.6) is 0 Å². The molecule has 0 aromatic heterocycles. The van der Waals surface area contributed by atoms with Crippen LogP contribution in [0.25, 0.3) is 0 Å². The molecule has 0 saturated heterocycles. The number of hydrogen-bond donors (Lipinski definition) is 1. The molecule has 1 N–H and O–H groups in total. The number of carboxylic acid groups (broad SMARTS) is 1. The van der Waals surface area contributed by atoms with E-state index in [-0.39, 0.29) is 0 Å². The maximum atomic E-state index is 10.5. The van der Waals surface area contributed by atoms with Crippen LogP contribution in [-0.2, 0) is 4.79 Å². The van der Waals surface area contributed by atoms with Gasteiger partial charge in [-0.05, 0) is 18.3 Å². The van der Waals surface area contributed by atoms with Gasteiger partial charge in [-0.2, -0.15) is 0 Å². The largest absolute Gasteiger partial charge is 0.481 e. The summed E-state index contributed by atoms with van der Waals surface area (Å²) < 4.78 is 0. The first-order chi connectivity index (χ1) is 10.7. The normalized spacial score (nSPS) is 21.9. The smallest absolute Gasteiger partial charge is 0.303 e. The Balaban J connectivity index is 2.06. The quantitative estimate of drug-likeness (QED) is 0.390. The molecule has 1 aliphatic carbocycles. The average Bonchev–Trinajstić information content (AvgIpc) is 2.51. The van der Waals surface area contributed by atoms with E-state index in [0.717, 1.165) is 24.7 Å². The summed E-state index contributed by atoms with van der Waals surface area (Å²) in [5.74, 6) is 1.36. The first-order valence-corrected chi connectivity index (χ1v) is 9.95. The van der Waals surface area contributed by atoms with Crippen molar-refractivity contribution >= 4 is 5.97 Å². The standard InChI is InChI=1S/C20H38O2/c1-2-3-4-8-13-18-15-11-12-16-19(18)14-9-6-5-7-10-17-20(21)22/h18-19H,2-17H2,1H3,(H,21,22). The molecule has 0 heterocycles. The summed E-state index contributed by atoms with van der Waals surface area (Å²) in [6.07, 6.45) is 20.6. The number of carbonyl (C=O) groups is 1. The number of carboxylic acids is 1. The summed E-state index contributed by atoms with van der Waals surface area (Å²) in [5, 5.41) is 8.62. The Kier molecular flexibility index (Phi) is 11.5. The number of hydrogen-bond acceptors (Lipinski definition) is 1. The predicted molar refractivity (Wildman–Crippen MR) is 94.2 cm³/mol. The van der Waals surface area contributed by atoms with Gasteiger partial charge in [-0.3, -0.25) is 4.79 Å². The van der Waals surface area contributed by atoms with Crippen molar-refractivity contribution in [1.82, 2.24) is 0 Å². The lowest BCUT2D eigenvalue weighted by Gasteiger charge is -2.32. The van der Waals surface area contributed by atoms with Crippen LogP contribution in [0.2, 0.25) is 0 Å². The Hall–Kier alpha value is -0.530. The van der Waals surface area contributed by atoms with Crippen LogP contribution in [-0.4, -0.2) is 11.1 Å². The molecule has 0 aromatic rings. The number of rotatable bonds is 13. The molecule has 0 bridgehead atoms. The lowest BCUT2D eigenvalue weighted by Crippen LogP contribution is -2.19. The second kappa shape index (κ2) is 13.0. The second-order valence-electron chi connectivity index (χ2n) is 7.35. The van der Waals surface area contributed by atoms with Crippen LogP contribution in [0.3, 0.4) is 0 Å². The molecule has 0 aromatic carbocycles. The molecule has 2 heteroatoms. The third-order valence-electron chi connectivity index (χ3n) is 5.46. The van der Waals surface area contributed by atoms with E-state index in [0.29, 0.717) is 6.42 Å². The van der Waals surface area contributed by atoms with Gasteiger partial charge in [0.1, 0.15) is 0 Å². The van der Waals surface area contributed by atoms with Crippen molar-refractivity contribution in [3.05, 3.63) is 0 Å². The fourth-order valence-electron chi connectivity index (χ4n) is 4.09. The van der Waals surface area contributed by atoms with Gasteiger partial charge in [0.25, 0.3) is 0 Å². The maximum absolute atomic E-state index is 10.5. The first-order valence-electron chi connectivity index (χ1n) is 9.95. The summed E-state index contributed by atoms with van der Waals surface area (Å²) >= 11 is 0. The fourth-order valence-corrected chi connectivity index (χ4v) is 4.09. The van der Waals surface area contributed by atoms with Crippen LogP contribution in [0.15, 0.2) is 0 Å². The molecule has 2 nitrogen and oxygen atoms in total. The minimum absolute atomic E-state index is 0.350. The Morgan fingerprint density at radius 1 is 0.818 bits per heavy atom. The van der Waals surface area contributed by atoms with E-state index < -0.39 is 5.97 Å². The van der Waals surface area contributed by atoms with E-state index in [1.807, 2.05) is 0 Å². The molecule has 130 valence electrons. The van der Waals surface area contributed by atoms with Crippen molar-refractivity contribution in [3.63, 3.8) is 0 Å². The summed E-state index contributed by atoms with van der Waals surface area (Å²) in [7, 11) is 0. The van der Waals surface area contributed by atoms with Crippen molar-refractivity contribution < 1.29 is 9.90 Å². The molecule has 1 aliphatic rings. The van der Waals surface area contributed by atoms with Crippen LogP contribution in [0.4, 0.5) is 0 Å². The van der Waals surface area contributed by atoms with E-state index >= 15 is 0 Å². The highest BCUT2D eigenvalue weighted by atomic mass is 16.4. The van der Waals surface area contributed by atoms with Gasteiger partial charge in [-0.15, -0.1) is 0 Å². The van der Waals surface area contributed by atoms with Gasteiger partial charge in [-0.25, -0.2) is 0 Å². The van der Waals surface area contributed by atoms with Gasteiger partial charge in [0, 0.05) is 6.42 Å². The Morgan fingerprint density at radius 2 is 1.32 bits per heavy atom. The van der Waals surface area contributed by atoms with Gasteiger partial charge < -0.3 is 5.11 Å². The van der Waals surface area contributed by atoms with E-state index in [1.54, 1.807) is 0 Å². The second-order valence-corrected chi connectivity index (χ2v) is 7.35. The molecule has 0 spiro atoms. The zero-order chi connectivity index (χ0) is 16.0. The monoisotopic (exact) mass is 310 g/mol. The van der Waals surface area contributed by atoms with Crippen LogP contribution < -0.4 is 0 Å².